The highest BCUT2D eigenvalue weighted by Gasteiger charge is 2.17. The highest BCUT2D eigenvalue weighted by molar-refractivity contribution is 9.10. The van der Waals surface area contributed by atoms with E-state index in [4.69, 9.17) is 21.8 Å². The van der Waals surface area contributed by atoms with Gasteiger partial charge in [-0.1, -0.05) is 17.7 Å². The van der Waals surface area contributed by atoms with Gasteiger partial charge in [0.05, 0.1) is 11.3 Å². The number of likely N-dealkylation sites (N-methyl/N-ethyl adjacent to an activating group) is 1. The molecule has 0 spiro atoms. The molecule has 0 aliphatic carbocycles. The van der Waals surface area contributed by atoms with Crippen molar-refractivity contribution in [3.05, 3.63) is 56.9 Å². The minimum atomic E-state index is 0.137. The standard InChI is InChI=1S/C15H18BrClN2O/c1-10-12(5-6-20-10)9-19(2)15(8-18)11-3-4-14(17)13(16)7-11/h3-7,15H,8-9,18H2,1-2H3. The van der Waals surface area contributed by atoms with Gasteiger partial charge in [-0.2, -0.15) is 0 Å². The Balaban J connectivity index is 2.18. The Hall–Kier alpha value is -0.810. The van der Waals surface area contributed by atoms with Gasteiger partial charge in [0.25, 0.3) is 0 Å². The number of rotatable bonds is 5. The average molecular weight is 358 g/mol. The summed E-state index contributed by atoms with van der Waals surface area (Å²) in [5.74, 6) is 0.949. The average Bonchev–Trinajstić information content (AvgIpc) is 2.80. The molecule has 0 bridgehead atoms. The molecule has 1 atom stereocenters. The Labute approximate surface area is 132 Å². The fourth-order valence-corrected chi connectivity index (χ4v) is 2.76. The van der Waals surface area contributed by atoms with Crippen LogP contribution in [0.3, 0.4) is 0 Å². The Morgan fingerprint density at radius 3 is 2.70 bits per heavy atom. The zero-order valence-corrected chi connectivity index (χ0v) is 13.9. The molecule has 108 valence electrons. The number of hydrogen-bond acceptors (Lipinski definition) is 3. The van der Waals surface area contributed by atoms with Crippen molar-refractivity contribution in [2.45, 2.75) is 19.5 Å². The lowest BCUT2D eigenvalue weighted by atomic mass is 10.1. The highest BCUT2D eigenvalue weighted by Crippen LogP contribution is 2.28. The summed E-state index contributed by atoms with van der Waals surface area (Å²) in [6, 6.07) is 8.07. The van der Waals surface area contributed by atoms with E-state index in [1.54, 1.807) is 6.26 Å². The first-order valence-corrected chi connectivity index (χ1v) is 7.58. The second kappa shape index (κ2) is 6.76. The molecule has 0 aliphatic heterocycles. The maximum atomic E-state index is 6.04. The lowest BCUT2D eigenvalue weighted by molar-refractivity contribution is 0.240. The topological polar surface area (TPSA) is 42.4 Å². The number of hydrogen-bond donors (Lipinski definition) is 1. The third-order valence-electron chi connectivity index (χ3n) is 3.47. The molecule has 5 heteroatoms. The third kappa shape index (κ3) is 3.44. The van der Waals surface area contributed by atoms with Crippen molar-refractivity contribution in [1.29, 1.82) is 0 Å². The molecule has 20 heavy (non-hydrogen) atoms. The van der Waals surface area contributed by atoms with Crippen LogP contribution in [-0.2, 0) is 6.54 Å². The van der Waals surface area contributed by atoms with Gasteiger partial charge in [0.15, 0.2) is 0 Å². The Morgan fingerprint density at radius 1 is 1.40 bits per heavy atom. The minimum absolute atomic E-state index is 0.137. The molecule has 2 N–H and O–H groups in total. The van der Waals surface area contributed by atoms with Gasteiger partial charge in [-0.3, -0.25) is 4.90 Å². The molecule has 0 aliphatic rings. The van der Waals surface area contributed by atoms with Crippen molar-refractivity contribution < 1.29 is 4.42 Å². The van der Waals surface area contributed by atoms with Crippen molar-refractivity contribution in [3.63, 3.8) is 0 Å². The molecule has 1 aromatic heterocycles. The largest absolute Gasteiger partial charge is 0.469 e. The van der Waals surface area contributed by atoms with Gasteiger partial charge < -0.3 is 10.2 Å². The Bertz CT molecular complexity index is 585. The van der Waals surface area contributed by atoms with Gasteiger partial charge in [0.2, 0.25) is 0 Å². The summed E-state index contributed by atoms with van der Waals surface area (Å²) in [6.07, 6.45) is 1.72. The second-order valence-electron chi connectivity index (χ2n) is 4.84. The lowest BCUT2D eigenvalue weighted by Gasteiger charge is -2.27. The molecular weight excluding hydrogens is 340 g/mol. The summed E-state index contributed by atoms with van der Waals surface area (Å²) in [6.45, 7) is 3.31. The van der Waals surface area contributed by atoms with Crippen molar-refractivity contribution >= 4 is 27.5 Å². The molecule has 0 saturated heterocycles. The molecule has 3 nitrogen and oxygen atoms in total. The Morgan fingerprint density at radius 2 is 2.15 bits per heavy atom. The molecule has 1 aromatic carbocycles. The van der Waals surface area contributed by atoms with Crippen LogP contribution in [0.25, 0.3) is 0 Å². The summed E-state index contributed by atoms with van der Waals surface area (Å²) in [5, 5.41) is 0.706. The summed E-state index contributed by atoms with van der Waals surface area (Å²) in [5.41, 5.74) is 8.27. The fraction of sp³-hybridized carbons (Fsp3) is 0.333. The minimum Gasteiger partial charge on any atom is -0.469 e. The smallest absolute Gasteiger partial charge is 0.105 e. The Kier molecular flexibility index (Phi) is 5.27. The summed E-state index contributed by atoms with van der Waals surface area (Å²) >= 11 is 9.50. The van der Waals surface area contributed by atoms with E-state index in [-0.39, 0.29) is 6.04 Å². The van der Waals surface area contributed by atoms with Crippen molar-refractivity contribution in [1.82, 2.24) is 4.90 Å². The second-order valence-corrected chi connectivity index (χ2v) is 6.10. The van der Waals surface area contributed by atoms with E-state index in [0.717, 1.165) is 22.3 Å². The van der Waals surface area contributed by atoms with Crippen LogP contribution in [0.15, 0.2) is 39.4 Å². The molecule has 0 saturated carbocycles. The number of halogens is 2. The van der Waals surface area contributed by atoms with Gasteiger partial charge in [-0.15, -0.1) is 0 Å². The molecule has 1 heterocycles. The monoisotopic (exact) mass is 356 g/mol. The van der Waals surface area contributed by atoms with Crippen LogP contribution >= 0.6 is 27.5 Å². The van der Waals surface area contributed by atoms with Gasteiger partial charge in [-0.25, -0.2) is 0 Å². The van der Waals surface area contributed by atoms with Crippen LogP contribution < -0.4 is 5.73 Å². The molecule has 0 radical (unpaired) electrons. The predicted molar refractivity (Wildman–Crippen MR) is 85.9 cm³/mol. The van der Waals surface area contributed by atoms with Gasteiger partial charge in [0, 0.05) is 29.2 Å². The SMILES string of the molecule is Cc1occc1CN(C)C(CN)c1ccc(Cl)c(Br)c1. The zero-order valence-electron chi connectivity index (χ0n) is 11.6. The zero-order chi connectivity index (χ0) is 14.7. The van der Waals surface area contributed by atoms with Gasteiger partial charge in [-0.05, 0) is 53.7 Å². The van der Waals surface area contributed by atoms with Crippen LogP contribution in [0.2, 0.25) is 5.02 Å². The van der Waals surface area contributed by atoms with Crippen LogP contribution in [0.4, 0.5) is 0 Å². The van der Waals surface area contributed by atoms with E-state index in [9.17, 15) is 0 Å². The van der Waals surface area contributed by atoms with E-state index in [0.29, 0.717) is 11.6 Å². The number of benzene rings is 1. The highest BCUT2D eigenvalue weighted by atomic mass is 79.9. The third-order valence-corrected chi connectivity index (χ3v) is 4.68. The number of nitrogens with two attached hydrogens (primary N) is 1. The number of aryl methyl sites for hydroxylation is 1. The van der Waals surface area contributed by atoms with Crippen molar-refractivity contribution in [2.75, 3.05) is 13.6 Å². The first-order chi connectivity index (χ1) is 9.52. The number of nitrogens with zero attached hydrogens (tertiary/aromatic N) is 1. The van der Waals surface area contributed by atoms with Gasteiger partial charge >= 0.3 is 0 Å². The maximum absolute atomic E-state index is 6.04. The van der Waals surface area contributed by atoms with Crippen molar-refractivity contribution in [3.8, 4) is 0 Å². The molecule has 0 amide bonds. The molecule has 2 rings (SSSR count). The molecule has 1 unspecified atom stereocenters. The van der Waals surface area contributed by atoms with Crippen molar-refractivity contribution in [2.24, 2.45) is 5.73 Å². The maximum Gasteiger partial charge on any atom is 0.105 e. The van der Waals surface area contributed by atoms with Crippen LogP contribution in [0.1, 0.15) is 22.9 Å². The quantitative estimate of drug-likeness (QED) is 0.874. The van der Waals surface area contributed by atoms with Crippen LogP contribution in [0, 0.1) is 6.92 Å². The van der Waals surface area contributed by atoms with E-state index < -0.39 is 0 Å². The van der Waals surface area contributed by atoms with Crippen LogP contribution in [0.5, 0.6) is 0 Å². The lowest BCUT2D eigenvalue weighted by Crippen LogP contribution is -2.30. The van der Waals surface area contributed by atoms with E-state index in [1.807, 2.05) is 31.2 Å². The van der Waals surface area contributed by atoms with Crippen LogP contribution in [-0.4, -0.2) is 18.5 Å². The summed E-state index contributed by atoms with van der Waals surface area (Å²) in [7, 11) is 2.06. The molecule has 2 aromatic rings. The van der Waals surface area contributed by atoms with E-state index >= 15 is 0 Å². The van der Waals surface area contributed by atoms with E-state index in [2.05, 4.69) is 27.9 Å². The normalized spacial score (nSPS) is 12.9. The van der Waals surface area contributed by atoms with E-state index in [1.165, 1.54) is 5.56 Å². The first-order valence-electron chi connectivity index (χ1n) is 6.41. The summed E-state index contributed by atoms with van der Waals surface area (Å²) in [4.78, 5) is 2.22. The number of furan rings is 1. The first kappa shape index (κ1) is 15.6. The van der Waals surface area contributed by atoms with Gasteiger partial charge in [0.1, 0.15) is 5.76 Å². The molecular formula is C15H18BrClN2O. The predicted octanol–water partition coefficient (Wildman–Crippen LogP) is 4.14. The fourth-order valence-electron chi connectivity index (χ4n) is 2.24. The molecule has 0 fully saturated rings. The summed E-state index contributed by atoms with van der Waals surface area (Å²) < 4.78 is 6.23.